The quantitative estimate of drug-likeness (QED) is 0.872. The molecule has 0 spiro atoms. The molecule has 1 atom stereocenters. The third-order valence-electron chi connectivity index (χ3n) is 3.92. The van der Waals surface area contributed by atoms with Crippen LogP contribution in [0.4, 0.5) is 8.78 Å². The molecule has 1 fully saturated rings. The SMILES string of the molecule is O=C(O)C1CN(S(=O)(=O)c2c[nH]c3ncccc23)CCC1(F)F. The Kier molecular flexibility index (Phi) is 3.60. The van der Waals surface area contributed by atoms with E-state index in [0.29, 0.717) is 11.0 Å². The maximum absolute atomic E-state index is 13.7. The molecular weight excluding hydrogens is 332 g/mol. The van der Waals surface area contributed by atoms with Crippen molar-refractivity contribution in [2.24, 2.45) is 5.92 Å². The zero-order chi connectivity index (χ0) is 16.8. The smallest absolute Gasteiger partial charge is 0.313 e. The van der Waals surface area contributed by atoms with Crippen LogP contribution < -0.4 is 0 Å². The van der Waals surface area contributed by atoms with Crippen LogP contribution in [0.2, 0.25) is 0 Å². The van der Waals surface area contributed by atoms with E-state index in [1.165, 1.54) is 12.4 Å². The lowest BCUT2D eigenvalue weighted by Crippen LogP contribution is -2.52. The van der Waals surface area contributed by atoms with Gasteiger partial charge in [0.1, 0.15) is 16.5 Å². The van der Waals surface area contributed by atoms with E-state index < -0.39 is 47.3 Å². The molecule has 1 unspecified atom stereocenters. The molecule has 124 valence electrons. The molecule has 0 saturated carbocycles. The first-order chi connectivity index (χ1) is 10.7. The van der Waals surface area contributed by atoms with Gasteiger partial charge >= 0.3 is 5.97 Å². The highest BCUT2D eigenvalue weighted by molar-refractivity contribution is 7.89. The summed E-state index contributed by atoms with van der Waals surface area (Å²) in [6.45, 7) is -1.20. The molecular formula is C13H13F2N3O4S. The van der Waals surface area contributed by atoms with Crippen molar-refractivity contribution in [3.63, 3.8) is 0 Å². The Labute approximate surface area is 130 Å². The van der Waals surface area contributed by atoms with E-state index >= 15 is 0 Å². The highest BCUT2D eigenvalue weighted by atomic mass is 32.2. The number of H-pyrrole nitrogens is 1. The summed E-state index contributed by atoms with van der Waals surface area (Å²) in [7, 11) is -4.10. The average molecular weight is 345 g/mol. The molecule has 3 rings (SSSR count). The molecule has 0 bridgehead atoms. The summed E-state index contributed by atoms with van der Waals surface area (Å²) < 4.78 is 53.5. The number of rotatable bonds is 3. The number of hydrogen-bond acceptors (Lipinski definition) is 4. The van der Waals surface area contributed by atoms with Gasteiger partial charge in [-0.15, -0.1) is 0 Å². The molecule has 7 nitrogen and oxygen atoms in total. The standard InChI is InChI=1S/C13H13F2N3O4S/c14-13(15)3-5-18(7-9(13)12(19)20)23(21,22)10-6-17-11-8(10)2-1-4-16-11/h1-2,4,6,9H,3,5,7H2,(H,16,17)(H,19,20). The highest BCUT2D eigenvalue weighted by Crippen LogP contribution is 2.36. The summed E-state index contributed by atoms with van der Waals surface area (Å²) in [5.41, 5.74) is 0.350. The topological polar surface area (TPSA) is 103 Å². The molecule has 1 aliphatic rings. The van der Waals surface area contributed by atoms with Crippen LogP contribution in [0.1, 0.15) is 6.42 Å². The number of sulfonamides is 1. The zero-order valence-electron chi connectivity index (χ0n) is 11.7. The van der Waals surface area contributed by atoms with Crippen molar-refractivity contribution in [1.29, 1.82) is 0 Å². The Balaban J connectivity index is 1.99. The van der Waals surface area contributed by atoms with E-state index in [-0.39, 0.29) is 4.90 Å². The number of hydrogen-bond donors (Lipinski definition) is 2. The second-order valence-electron chi connectivity index (χ2n) is 5.32. The van der Waals surface area contributed by atoms with E-state index in [1.807, 2.05) is 0 Å². The molecule has 0 radical (unpaired) electrons. The van der Waals surface area contributed by atoms with Gasteiger partial charge in [0, 0.05) is 37.3 Å². The first kappa shape index (κ1) is 15.8. The van der Waals surface area contributed by atoms with Crippen LogP contribution in [0, 0.1) is 5.92 Å². The normalized spacial score (nSPS) is 22.3. The molecule has 2 aromatic rings. The van der Waals surface area contributed by atoms with Crippen molar-refractivity contribution in [3.8, 4) is 0 Å². The number of nitrogens with one attached hydrogen (secondary N) is 1. The number of aromatic amines is 1. The summed E-state index contributed by atoms with van der Waals surface area (Å²) in [6, 6.07) is 3.10. The van der Waals surface area contributed by atoms with Crippen LogP contribution >= 0.6 is 0 Å². The molecule has 2 N–H and O–H groups in total. The van der Waals surface area contributed by atoms with Gasteiger partial charge in [-0.25, -0.2) is 22.2 Å². The molecule has 0 amide bonds. The number of alkyl halides is 2. The van der Waals surface area contributed by atoms with Gasteiger partial charge in [-0.2, -0.15) is 4.31 Å². The van der Waals surface area contributed by atoms with Crippen LogP contribution in [0.15, 0.2) is 29.4 Å². The van der Waals surface area contributed by atoms with Crippen LogP contribution in [-0.2, 0) is 14.8 Å². The fourth-order valence-corrected chi connectivity index (χ4v) is 4.24. The molecule has 1 aliphatic heterocycles. The van der Waals surface area contributed by atoms with E-state index in [9.17, 15) is 22.0 Å². The van der Waals surface area contributed by atoms with Crippen LogP contribution in [-0.4, -0.2) is 52.8 Å². The van der Waals surface area contributed by atoms with Crippen LogP contribution in [0.25, 0.3) is 11.0 Å². The van der Waals surface area contributed by atoms with E-state index in [4.69, 9.17) is 5.11 Å². The second-order valence-corrected chi connectivity index (χ2v) is 7.22. The Morgan fingerprint density at radius 1 is 1.48 bits per heavy atom. The maximum Gasteiger partial charge on any atom is 0.313 e. The highest BCUT2D eigenvalue weighted by Gasteiger charge is 2.51. The van der Waals surface area contributed by atoms with Crippen LogP contribution in [0.5, 0.6) is 0 Å². The minimum Gasteiger partial charge on any atom is -0.481 e. The monoisotopic (exact) mass is 345 g/mol. The Morgan fingerprint density at radius 3 is 2.91 bits per heavy atom. The van der Waals surface area contributed by atoms with Gasteiger partial charge in [0.05, 0.1) is 0 Å². The Hall–Kier alpha value is -2.07. The van der Waals surface area contributed by atoms with E-state index in [1.54, 1.807) is 12.1 Å². The van der Waals surface area contributed by atoms with Crippen molar-refractivity contribution in [2.45, 2.75) is 17.2 Å². The van der Waals surface area contributed by atoms with Crippen molar-refractivity contribution >= 4 is 27.0 Å². The molecule has 23 heavy (non-hydrogen) atoms. The van der Waals surface area contributed by atoms with Crippen molar-refractivity contribution in [2.75, 3.05) is 13.1 Å². The molecule has 10 heteroatoms. The van der Waals surface area contributed by atoms with Gasteiger partial charge in [-0.3, -0.25) is 4.79 Å². The second kappa shape index (κ2) is 5.24. The predicted molar refractivity (Wildman–Crippen MR) is 75.5 cm³/mol. The number of aromatic nitrogens is 2. The lowest BCUT2D eigenvalue weighted by atomic mass is 9.95. The number of carbonyl (C=O) groups is 1. The summed E-state index contributed by atoms with van der Waals surface area (Å²) in [4.78, 5) is 17.6. The van der Waals surface area contributed by atoms with Crippen LogP contribution in [0.3, 0.4) is 0 Å². The lowest BCUT2D eigenvalue weighted by molar-refractivity contribution is -0.163. The first-order valence-corrected chi connectivity index (χ1v) is 8.20. The summed E-state index contributed by atoms with van der Waals surface area (Å²) in [6.07, 6.45) is 1.89. The molecule has 3 heterocycles. The fraction of sp³-hybridized carbons (Fsp3) is 0.385. The number of piperidine rings is 1. The zero-order valence-corrected chi connectivity index (χ0v) is 12.6. The third kappa shape index (κ3) is 2.57. The molecule has 1 saturated heterocycles. The Morgan fingerprint density at radius 2 is 2.22 bits per heavy atom. The van der Waals surface area contributed by atoms with Gasteiger partial charge in [-0.05, 0) is 12.1 Å². The number of carboxylic acid groups (broad SMARTS) is 1. The van der Waals surface area contributed by atoms with Gasteiger partial charge in [0.2, 0.25) is 10.0 Å². The molecule has 2 aromatic heterocycles. The van der Waals surface area contributed by atoms with Crippen molar-refractivity contribution < 1.29 is 27.1 Å². The minimum absolute atomic E-state index is 0.102. The van der Waals surface area contributed by atoms with Gasteiger partial charge < -0.3 is 10.1 Å². The first-order valence-electron chi connectivity index (χ1n) is 6.76. The number of carboxylic acids is 1. The number of fused-ring (bicyclic) bond motifs is 1. The fourth-order valence-electron chi connectivity index (χ4n) is 2.64. The van der Waals surface area contributed by atoms with E-state index in [0.717, 1.165) is 4.31 Å². The largest absolute Gasteiger partial charge is 0.481 e. The molecule has 0 aliphatic carbocycles. The molecule has 0 aromatic carbocycles. The summed E-state index contributed by atoms with van der Waals surface area (Å²) in [5.74, 6) is -7.20. The Bertz CT molecular complexity index is 865. The average Bonchev–Trinajstić information content (AvgIpc) is 2.90. The van der Waals surface area contributed by atoms with Crippen molar-refractivity contribution in [1.82, 2.24) is 14.3 Å². The van der Waals surface area contributed by atoms with Crippen molar-refractivity contribution in [3.05, 3.63) is 24.5 Å². The third-order valence-corrected chi connectivity index (χ3v) is 5.82. The van der Waals surface area contributed by atoms with Gasteiger partial charge in [0.25, 0.3) is 5.92 Å². The number of aliphatic carboxylic acids is 1. The van der Waals surface area contributed by atoms with E-state index in [2.05, 4.69) is 9.97 Å². The van der Waals surface area contributed by atoms with Gasteiger partial charge in [-0.1, -0.05) is 0 Å². The predicted octanol–water partition coefficient (Wildman–Crippen LogP) is 1.29. The lowest BCUT2D eigenvalue weighted by Gasteiger charge is -2.35. The summed E-state index contributed by atoms with van der Waals surface area (Å²) in [5, 5.41) is 9.27. The maximum atomic E-state index is 13.7. The number of pyridine rings is 1. The van der Waals surface area contributed by atoms with Gasteiger partial charge in [0.15, 0.2) is 0 Å². The number of halogens is 2. The summed E-state index contributed by atoms with van der Waals surface area (Å²) >= 11 is 0. The number of nitrogens with zero attached hydrogens (tertiary/aromatic N) is 2. The minimum atomic E-state index is -4.10.